The third kappa shape index (κ3) is 5.20. The molecule has 0 spiro atoms. The molecule has 1 amide bonds. The molecule has 0 saturated heterocycles. The fourth-order valence-electron chi connectivity index (χ4n) is 3.66. The summed E-state index contributed by atoms with van der Waals surface area (Å²) in [4.78, 5) is 25.3. The summed E-state index contributed by atoms with van der Waals surface area (Å²) in [7, 11) is 3.13. The largest absolute Gasteiger partial charge is 0.497 e. The van der Waals surface area contributed by atoms with Crippen LogP contribution in [0.15, 0.2) is 71.1 Å². The van der Waals surface area contributed by atoms with Crippen LogP contribution in [0.1, 0.15) is 23.2 Å². The third-order valence-corrected chi connectivity index (χ3v) is 6.13. The van der Waals surface area contributed by atoms with Gasteiger partial charge in [-0.2, -0.15) is 5.10 Å². The highest BCUT2D eigenvalue weighted by molar-refractivity contribution is 7.07. The Morgan fingerprint density at radius 1 is 1.09 bits per heavy atom. The second-order valence-electron chi connectivity index (χ2n) is 7.57. The number of hydrogen-bond acceptors (Lipinski definition) is 6. The zero-order chi connectivity index (χ0) is 23.9. The zero-order valence-electron chi connectivity index (χ0n) is 19.1. The summed E-state index contributed by atoms with van der Waals surface area (Å²) in [5, 5.41) is 8.94. The third-order valence-electron chi connectivity index (χ3n) is 5.40. The Kier molecular flexibility index (Phi) is 7.44. The van der Waals surface area contributed by atoms with Crippen molar-refractivity contribution >= 4 is 17.2 Å². The van der Waals surface area contributed by atoms with E-state index in [0.29, 0.717) is 35.0 Å². The average molecular weight is 479 g/mol. The number of amides is 1. The molecule has 1 N–H and O–H groups in total. The summed E-state index contributed by atoms with van der Waals surface area (Å²) in [6.07, 6.45) is 5.46. The van der Waals surface area contributed by atoms with Crippen molar-refractivity contribution in [3.63, 3.8) is 0 Å². The highest BCUT2D eigenvalue weighted by Crippen LogP contribution is 2.31. The molecule has 0 radical (unpaired) electrons. The number of rotatable bonds is 10. The quantitative estimate of drug-likeness (QED) is 0.348. The van der Waals surface area contributed by atoms with Crippen molar-refractivity contribution in [2.75, 3.05) is 20.8 Å². The summed E-state index contributed by atoms with van der Waals surface area (Å²) in [6, 6.07) is 14.5. The second kappa shape index (κ2) is 10.8. The minimum atomic E-state index is -0.148. The molecular formula is C25H26N4O4S. The van der Waals surface area contributed by atoms with Gasteiger partial charge in [-0.15, -0.1) is 0 Å². The van der Waals surface area contributed by atoms with Gasteiger partial charge in [-0.3, -0.25) is 18.8 Å². The van der Waals surface area contributed by atoms with Gasteiger partial charge < -0.3 is 14.8 Å². The molecule has 0 atom stereocenters. The van der Waals surface area contributed by atoms with Crippen LogP contribution >= 0.6 is 11.3 Å². The lowest BCUT2D eigenvalue weighted by Crippen LogP contribution is -2.24. The minimum Gasteiger partial charge on any atom is -0.497 e. The molecule has 176 valence electrons. The van der Waals surface area contributed by atoms with Gasteiger partial charge in [0.1, 0.15) is 11.5 Å². The van der Waals surface area contributed by atoms with Crippen LogP contribution in [0.4, 0.5) is 0 Å². The number of unbranched alkanes of at least 4 members (excludes halogenated alkanes) is 1. The minimum absolute atomic E-state index is 0.146. The lowest BCUT2D eigenvalue weighted by atomic mass is 10.1. The van der Waals surface area contributed by atoms with E-state index in [1.165, 1.54) is 0 Å². The Labute approximate surface area is 201 Å². The van der Waals surface area contributed by atoms with E-state index in [1.54, 1.807) is 60.7 Å². The van der Waals surface area contributed by atoms with E-state index in [-0.39, 0.29) is 10.8 Å². The van der Waals surface area contributed by atoms with Crippen LogP contribution in [-0.2, 0) is 6.54 Å². The monoisotopic (exact) mass is 478 g/mol. The van der Waals surface area contributed by atoms with E-state index in [1.807, 2.05) is 29.1 Å². The number of nitrogens with one attached hydrogen (secondary N) is 1. The van der Waals surface area contributed by atoms with Crippen LogP contribution in [0.25, 0.3) is 16.9 Å². The molecule has 0 fully saturated rings. The van der Waals surface area contributed by atoms with Gasteiger partial charge in [0.25, 0.3) is 5.91 Å². The van der Waals surface area contributed by atoms with Crippen LogP contribution < -0.4 is 19.7 Å². The molecule has 0 aliphatic carbocycles. The lowest BCUT2D eigenvalue weighted by molar-refractivity contribution is 0.0953. The average Bonchev–Trinajstić information content (AvgIpc) is 3.53. The molecule has 9 heteroatoms. The Morgan fingerprint density at radius 3 is 2.74 bits per heavy atom. The molecule has 0 unspecified atom stereocenters. The number of nitrogens with zero attached hydrogens (tertiary/aromatic N) is 3. The first kappa shape index (κ1) is 23.3. The van der Waals surface area contributed by atoms with Gasteiger partial charge in [0.05, 0.1) is 25.6 Å². The van der Waals surface area contributed by atoms with E-state index in [9.17, 15) is 9.59 Å². The predicted octanol–water partition coefficient (Wildman–Crippen LogP) is 3.99. The van der Waals surface area contributed by atoms with Gasteiger partial charge in [0, 0.05) is 48.1 Å². The molecule has 2 heterocycles. The van der Waals surface area contributed by atoms with Crippen LogP contribution in [-0.4, -0.2) is 41.0 Å². The van der Waals surface area contributed by atoms with Crippen molar-refractivity contribution in [3.05, 3.63) is 81.5 Å². The first-order chi connectivity index (χ1) is 16.6. The topological polar surface area (TPSA) is 87.4 Å². The molecule has 4 rings (SSSR count). The van der Waals surface area contributed by atoms with Gasteiger partial charge in [-0.1, -0.05) is 23.5 Å². The highest BCUT2D eigenvalue weighted by Gasteiger charge is 2.17. The van der Waals surface area contributed by atoms with Crippen molar-refractivity contribution in [2.24, 2.45) is 0 Å². The van der Waals surface area contributed by atoms with Crippen molar-refractivity contribution in [3.8, 4) is 28.4 Å². The molecule has 0 aliphatic rings. The molecule has 0 bridgehead atoms. The summed E-state index contributed by atoms with van der Waals surface area (Å²) in [5.74, 6) is 1.01. The Bertz CT molecular complexity index is 1310. The summed E-state index contributed by atoms with van der Waals surface area (Å²) >= 11 is 1.10. The number of hydrogen-bond donors (Lipinski definition) is 1. The Hall–Kier alpha value is -3.85. The zero-order valence-corrected chi connectivity index (χ0v) is 19.9. The fourth-order valence-corrected chi connectivity index (χ4v) is 4.42. The smallest absolute Gasteiger partial charge is 0.312 e. The Morgan fingerprint density at radius 2 is 1.97 bits per heavy atom. The molecule has 8 nitrogen and oxygen atoms in total. The van der Waals surface area contributed by atoms with Gasteiger partial charge >= 0.3 is 4.87 Å². The first-order valence-corrected chi connectivity index (χ1v) is 11.8. The van der Waals surface area contributed by atoms with Gasteiger partial charge in [0.15, 0.2) is 0 Å². The van der Waals surface area contributed by atoms with Crippen molar-refractivity contribution in [1.29, 1.82) is 0 Å². The lowest BCUT2D eigenvalue weighted by Gasteiger charge is -2.14. The number of ether oxygens (including phenoxy) is 2. The van der Waals surface area contributed by atoms with Gasteiger partial charge in [0.2, 0.25) is 0 Å². The van der Waals surface area contributed by atoms with E-state index in [4.69, 9.17) is 9.47 Å². The standard InChI is InChI=1S/C25H26N4O4S/c1-32-20-9-10-21(23(16-20)33-2)29-22(17-34-25(29)31)18-7-5-8-19(15-18)24(30)26-11-3-4-13-28-14-6-12-27-28/h5-10,12,14-17H,3-4,11,13H2,1-2H3,(H,26,30). The number of carbonyl (C=O) groups excluding carboxylic acids is 1. The number of benzene rings is 2. The predicted molar refractivity (Wildman–Crippen MR) is 132 cm³/mol. The molecule has 4 aromatic rings. The molecule has 34 heavy (non-hydrogen) atoms. The van der Waals surface area contributed by atoms with Crippen molar-refractivity contribution in [1.82, 2.24) is 19.7 Å². The molecule has 2 aromatic carbocycles. The SMILES string of the molecule is COc1ccc(-n2c(-c3cccc(C(=O)NCCCCn4cccn4)c3)csc2=O)c(OC)c1. The second-order valence-corrected chi connectivity index (χ2v) is 8.39. The number of methoxy groups -OCH3 is 2. The van der Waals surface area contributed by atoms with Crippen molar-refractivity contribution in [2.45, 2.75) is 19.4 Å². The van der Waals surface area contributed by atoms with Crippen molar-refractivity contribution < 1.29 is 14.3 Å². The van der Waals surface area contributed by atoms with Crippen LogP contribution in [0, 0.1) is 0 Å². The number of aryl methyl sites for hydroxylation is 1. The molecular weight excluding hydrogens is 452 g/mol. The summed E-state index contributed by atoms with van der Waals surface area (Å²) < 4.78 is 14.2. The van der Waals surface area contributed by atoms with E-state index in [0.717, 1.165) is 36.3 Å². The fraction of sp³-hybridized carbons (Fsp3) is 0.240. The van der Waals surface area contributed by atoms with E-state index in [2.05, 4.69) is 10.4 Å². The number of carbonyl (C=O) groups is 1. The normalized spacial score (nSPS) is 10.8. The maximum atomic E-state index is 12.8. The molecule has 0 aliphatic heterocycles. The van der Waals surface area contributed by atoms with Gasteiger partial charge in [-0.05, 0) is 43.2 Å². The number of thiazole rings is 1. The first-order valence-electron chi connectivity index (χ1n) is 10.9. The molecule has 0 saturated carbocycles. The van der Waals surface area contributed by atoms with Crippen LogP contribution in [0.3, 0.4) is 0 Å². The Balaban J connectivity index is 1.50. The maximum absolute atomic E-state index is 12.8. The summed E-state index contributed by atoms with van der Waals surface area (Å²) in [6.45, 7) is 1.40. The van der Waals surface area contributed by atoms with Crippen LogP contribution in [0.5, 0.6) is 11.5 Å². The van der Waals surface area contributed by atoms with E-state index >= 15 is 0 Å². The summed E-state index contributed by atoms with van der Waals surface area (Å²) in [5.41, 5.74) is 2.60. The van der Waals surface area contributed by atoms with Gasteiger partial charge in [-0.25, -0.2) is 0 Å². The maximum Gasteiger partial charge on any atom is 0.312 e. The van der Waals surface area contributed by atoms with E-state index < -0.39 is 0 Å². The molecule has 2 aromatic heterocycles. The highest BCUT2D eigenvalue weighted by atomic mass is 32.1. The number of aromatic nitrogens is 3. The van der Waals surface area contributed by atoms with Crippen LogP contribution in [0.2, 0.25) is 0 Å².